The molecule has 3 aromatic rings. The van der Waals surface area contributed by atoms with Gasteiger partial charge >= 0.3 is 0 Å². The Bertz CT molecular complexity index is 1000. The Kier molecular flexibility index (Phi) is 6.45. The second kappa shape index (κ2) is 9.01. The first-order valence-electron chi connectivity index (χ1n) is 8.26. The molecular formula is C20H17BrN2O4S. The van der Waals surface area contributed by atoms with Crippen LogP contribution < -0.4 is 15.4 Å². The molecule has 0 unspecified atom stereocenters. The Labute approximate surface area is 175 Å². The number of benzene rings is 2. The van der Waals surface area contributed by atoms with E-state index in [2.05, 4.69) is 26.6 Å². The molecule has 8 heteroatoms. The van der Waals surface area contributed by atoms with Crippen LogP contribution in [0.5, 0.6) is 5.75 Å². The zero-order chi connectivity index (χ0) is 20.1. The molecular weight excluding hydrogens is 444 g/mol. The number of halogens is 1. The van der Waals surface area contributed by atoms with Crippen LogP contribution >= 0.6 is 28.1 Å². The molecule has 0 atom stereocenters. The Morgan fingerprint density at radius 2 is 1.93 bits per heavy atom. The van der Waals surface area contributed by atoms with E-state index in [0.29, 0.717) is 28.5 Å². The fourth-order valence-electron chi connectivity index (χ4n) is 2.52. The van der Waals surface area contributed by atoms with Gasteiger partial charge in [-0.15, -0.1) is 0 Å². The van der Waals surface area contributed by atoms with Gasteiger partial charge < -0.3 is 19.6 Å². The minimum atomic E-state index is -0.305. The Morgan fingerprint density at radius 1 is 1.18 bits per heavy atom. The van der Waals surface area contributed by atoms with Crippen molar-refractivity contribution in [1.82, 2.24) is 5.32 Å². The smallest absolute Gasteiger partial charge is 0.257 e. The number of nitrogens with one attached hydrogen (secondary N) is 2. The van der Waals surface area contributed by atoms with Crippen LogP contribution in [-0.2, 0) is 6.61 Å². The van der Waals surface area contributed by atoms with Crippen molar-refractivity contribution in [2.45, 2.75) is 6.61 Å². The monoisotopic (exact) mass is 460 g/mol. The molecule has 0 aliphatic rings. The highest BCUT2D eigenvalue weighted by atomic mass is 79.9. The number of anilines is 1. The van der Waals surface area contributed by atoms with E-state index in [-0.39, 0.29) is 17.6 Å². The summed E-state index contributed by atoms with van der Waals surface area (Å²) in [5.74, 6) is 1.31. The summed E-state index contributed by atoms with van der Waals surface area (Å²) < 4.78 is 11.9. The number of amides is 1. The number of carbonyl (C=O) groups is 1. The van der Waals surface area contributed by atoms with Crippen molar-refractivity contribution < 1.29 is 19.1 Å². The van der Waals surface area contributed by atoms with E-state index < -0.39 is 0 Å². The minimum absolute atomic E-state index is 0.170. The summed E-state index contributed by atoms with van der Waals surface area (Å²) in [6.07, 6.45) is 0. The van der Waals surface area contributed by atoms with Crippen LogP contribution in [0.3, 0.4) is 0 Å². The first kappa shape index (κ1) is 20.1. The summed E-state index contributed by atoms with van der Waals surface area (Å²) in [4.78, 5) is 12.2. The molecule has 1 heterocycles. The molecule has 0 fully saturated rings. The van der Waals surface area contributed by atoms with Crippen molar-refractivity contribution in [2.24, 2.45) is 0 Å². The molecule has 0 spiro atoms. The number of rotatable bonds is 5. The van der Waals surface area contributed by atoms with E-state index >= 15 is 0 Å². The largest absolute Gasteiger partial charge is 0.496 e. The van der Waals surface area contributed by atoms with Crippen molar-refractivity contribution in [3.05, 3.63) is 70.4 Å². The summed E-state index contributed by atoms with van der Waals surface area (Å²) in [5, 5.41) is 14.9. The molecule has 0 saturated carbocycles. The second-order valence-electron chi connectivity index (χ2n) is 5.75. The van der Waals surface area contributed by atoms with Crippen molar-refractivity contribution in [3.8, 4) is 17.1 Å². The summed E-state index contributed by atoms with van der Waals surface area (Å²) in [7, 11) is 1.55. The zero-order valence-corrected chi connectivity index (χ0v) is 17.3. The molecule has 3 rings (SSSR count). The average molecular weight is 461 g/mol. The van der Waals surface area contributed by atoms with Crippen LogP contribution in [0.4, 0.5) is 5.69 Å². The van der Waals surface area contributed by atoms with Crippen molar-refractivity contribution in [3.63, 3.8) is 0 Å². The second-order valence-corrected chi connectivity index (χ2v) is 7.08. The third-order valence-electron chi connectivity index (χ3n) is 3.88. The molecule has 1 aromatic heterocycles. The Morgan fingerprint density at radius 3 is 2.57 bits per heavy atom. The molecule has 28 heavy (non-hydrogen) atoms. The number of methoxy groups -OCH3 is 1. The fraction of sp³-hybridized carbons (Fsp3) is 0.100. The van der Waals surface area contributed by atoms with E-state index in [9.17, 15) is 4.79 Å². The molecule has 0 aliphatic carbocycles. The van der Waals surface area contributed by atoms with Gasteiger partial charge in [0.1, 0.15) is 23.9 Å². The average Bonchev–Trinajstić information content (AvgIpc) is 3.17. The van der Waals surface area contributed by atoms with E-state index in [1.54, 1.807) is 61.7 Å². The van der Waals surface area contributed by atoms with Gasteiger partial charge in [0, 0.05) is 21.8 Å². The number of aliphatic hydroxyl groups excluding tert-OH is 1. The van der Waals surface area contributed by atoms with Crippen LogP contribution in [0.25, 0.3) is 11.3 Å². The van der Waals surface area contributed by atoms with Crippen molar-refractivity contribution in [2.75, 3.05) is 12.4 Å². The highest BCUT2D eigenvalue weighted by Crippen LogP contribution is 2.33. The van der Waals surface area contributed by atoms with Crippen LogP contribution in [0.1, 0.15) is 16.1 Å². The molecule has 0 radical (unpaired) electrons. The minimum Gasteiger partial charge on any atom is -0.496 e. The van der Waals surface area contributed by atoms with Gasteiger partial charge in [0.05, 0.1) is 12.7 Å². The standard InChI is InChI=1S/C20H17BrN2O4S/c1-26-18-10-14(6-8-16(18)17-9-7-15(11-24)27-17)22-20(28)23-19(25)12-2-4-13(21)5-3-12/h2-10,24H,11H2,1H3,(H2,22,23,25,28). The third kappa shape index (κ3) is 4.78. The van der Waals surface area contributed by atoms with Gasteiger partial charge in [-0.25, -0.2) is 0 Å². The fourth-order valence-corrected chi connectivity index (χ4v) is 2.99. The van der Waals surface area contributed by atoms with Crippen molar-refractivity contribution >= 4 is 44.9 Å². The van der Waals surface area contributed by atoms with Crippen LogP contribution in [0.15, 0.2) is 63.5 Å². The van der Waals surface area contributed by atoms with Gasteiger partial charge in [-0.1, -0.05) is 15.9 Å². The molecule has 3 N–H and O–H groups in total. The van der Waals surface area contributed by atoms with Gasteiger partial charge in [-0.3, -0.25) is 10.1 Å². The molecule has 144 valence electrons. The lowest BCUT2D eigenvalue weighted by Gasteiger charge is -2.12. The lowest BCUT2D eigenvalue weighted by Crippen LogP contribution is -2.34. The predicted octanol–water partition coefficient (Wildman–Crippen LogP) is 4.34. The first-order chi connectivity index (χ1) is 13.5. The van der Waals surface area contributed by atoms with E-state index in [1.807, 2.05) is 0 Å². The molecule has 0 aliphatic heterocycles. The molecule has 0 saturated heterocycles. The number of hydrogen-bond acceptors (Lipinski definition) is 5. The Hall–Kier alpha value is -2.68. The maximum atomic E-state index is 12.2. The van der Waals surface area contributed by atoms with Gasteiger partial charge in [0.25, 0.3) is 5.91 Å². The zero-order valence-electron chi connectivity index (χ0n) is 14.9. The summed E-state index contributed by atoms with van der Waals surface area (Å²) >= 11 is 8.55. The number of hydrogen-bond donors (Lipinski definition) is 3. The number of ether oxygens (including phenoxy) is 1. The quantitative estimate of drug-likeness (QED) is 0.491. The van der Waals surface area contributed by atoms with Gasteiger partial charge in [0.2, 0.25) is 0 Å². The summed E-state index contributed by atoms with van der Waals surface area (Å²) in [6.45, 7) is -0.172. The summed E-state index contributed by atoms with van der Waals surface area (Å²) in [5.41, 5.74) is 1.88. The van der Waals surface area contributed by atoms with Crippen molar-refractivity contribution in [1.29, 1.82) is 0 Å². The highest BCUT2D eigenvalue weighted by molar-refractivity contribution is 9.10. The molecule has 6 nitrogen and oxygen atoms in total. The molecule has 2 aromatic carbocycles. The van der Waals surface area contributed by atoms with Gasteiger partial charge in [0.15, 0.2) is 5.11 Å². The number of furan rings is 1. The van der Waals surface area contributed by atoms with Crippen LogP contribution in [-0.4, -0.2) is 23.2 Å². The highest BCUT2D eigenvalue weighted by Gasteiger charge is 2.13. The first-order valence-corrected chi connectivity index (χ1v) is 9.46. The number of carbonyl (C=O) groups excluding carboxylic acids is 1. The topological polar surface area (TPSA) is 83.7 Å². The predicted molar refractivity (Wildman–Crippen MR) is 114 cm³/mol. The SMILES string of the molecule is COc1cc(NC(=S)NC(=O)c2ccc(Br)cc2)ccc1-c1ccc(CO)o1. The maximum Gasteiger partial charge on any atom is 0.257 e. The van der Waals surface area contributed by atoms with Gasteiger partial charge in [-0.2, -0.15) is 0 Å². The maximum absolute atomic E-state index is 12.2. The summed E-state index contributed by atoms with van der Waals surface area (Å²) in [6, 6.07) is 15.8. The van der Waals surface area contributed by atoms with Gasteiger partial charge in [-0.05, 0) is 60.7 Å². The van der Waals surface area contributed by atoms with Crippen LogP contribution in [0, 0.1) is 0 Å². The third-order valence-corrected chi connectivity index (χ3v) is 4.61. The van der Waals surface area contributed by atoms with E-state index in [0.717, 1.165) is 10.0 Å². The number of aliphatic hydroxyl groups is 1. The lowest BCUT2D eigenvalue weighted by molar-refractivity contribution is 0.0977. The normalized spacial score (nSPS) is 10.4. The van der Waals surface area contributed by atoms with Crippen LogP contribution in [0.2, 0.25) is 0 Å². The van der Waals surface area contributed by atoms with E-state index in [1.165, 1.54) is 0 Å². The molecule has 1 amide bonds. The molecule has 0 bridgehead atoms. The Balaban J connectivity index is 1.70. The lowest BCUT2D eigenvalue weighted by atomic mass is 10.1. The number of thiocarbonyl (C=S) groups is 1. The van der Waals surface area contributed by atoms with E-state index in [4.69, 9.17) is 26.5 Å².